The van der Waals surface area contributed by atoms with Crippen molar-refractivity contribution in [1.82, 2.24) is 9.88 Å². The number of aryl methyl sites for hydroxylation is 1. The van der Waals surface area contributed by atoms with Gasteiger partial charge in [0.15, 0.2) is 0 Å². The van der Waals surface area contributed by atoms with Crippen LogP contribution in [0.15, 0.2) is 30.5 Å². The van der Waals surface area contributed by atoms with Gasteiger partial charge < -0.3 is 15.0 Å². The molecule has 15 heavy (non-hydrogen) atoms. The molecule has 2 N–H and O–H groups in total. The van der Waals surface area contributed by atoms with Gasteiger partial charge in [0.25, 0.3) is 0 Å². The lowest BCUT2D eigenvalue weighted by molar-refractivity contribution is 0.178. The SMILES string of the molecule is CNCC(O)c1ccc2ccn(C)c2c1. The maximum absolute atomic E-state index is 9.84. The number of nitrogens with zero attached hydrogens (tertiary/aromatic N) is 1. The van der Waals surface area contributed by atoms with Crippen LogP contribution in [0.1, 0.15) is 11.7 Å². The number of aliphatic hydroxyl groups excluding tert-OH is 1. The Bertz CT molecular complexity index is 462. The van der Waals surface area contributed by atoms with E-state index in [9.17, 15) is 5.11 Å². The molecule has 80 valence electrons. The minimum absolute atomic E-state index is 0.436. The predicted molar refractivity (Wildman–Crippen MR) is 61.8 cm³/mol. The number of rotatable bonds is 3. The van der Waals surface area contributed by atoms with Crippen molar-refractivity contribution in [2.45, 2.75) is 6.10 Å². The van der Waals surface area contributed by atoms with E-state index in [4.69, 9.17) is 0 Å². The molecule has 1 aromatic heterocycles. The molecule has 2 rings (SSSR count). The largest absolute Gasteiger partial charge is 0.387 e. The summed E-state index contributed by atoms with van der Waals surface area (Å²) in [6.07, 6.45) is 1.59. The lowest BCUT2D eigenvalue weighted by atomic mass is 10.1. The zero-order valence-electron chi connectivity index (χ0n) is 9.07. The molecule has 3 heteroatoms. The summed E-state index contributed by atoms with van der Waals surface area (Å²) in [7, 11) is 3.85. The average molecular weight is 204 g/mol. The molecule has 0 aliphatic carbocycles. The second-order valence-electron chi connectivity index (χ2n) is 3.82. The fourth-order valence-electron chi connectivity index (χ4n) is 1.80. The van der Waals surface area contributed by atoms with Crippen LogP contribution in [0.3, 0.4) is 0 Å². The van der Waals surface area contributed by atoms with Crippen molar-refractivity contribution in [3.8, 4) is 0 Å². The molecular formula is C12H16N2O. The maximum atomic E-state index is 9.84. The summed E-state index contributed by atoms with van der Waals surface area (Å²) in [6.45, 7) is 0.579. The monoisotopic (exact) mass is 204 g/mol. The molecule has 3 nitrogen and oxygen atoms in total. The summed E-state index contributed by atoms with van der Waals surface area (Å²) < 4.78 is 2.06. The molecule has 1 atom stereocenters. The number of hydrogen-bond donors (Lipinski definition) is 2. The lowest BCUT2D eigenvalue weighted by Gasteiger charge is -2.10. The third-order valence-electron chi connectivity index (χ3n) is 2.69. The first kappa shape index (κ1) is 10.2. The molecule has 1 aromatic carbocycles. The van der Waals surface area contributed by atoms with Crippen molar-refractivity contribution in [3.05, 3.63) is 36.0 Å². The van der Waals surface area contributed by atoms with Gasteiger partial charge in [-0.05, 0) is 30.1 Å². The molecule has 0 bridgehead atoms. The second-order valence-corrected chi connectivity index (χ2v) is 3.82. The third kappa shape index (κ3) is 1.89. The quantitative estimate of drug-likeness (QED) is 0.793. The van der Waals surface area contributed by atoms with Crippen molar-refractivity contribution in [2.75, 3.05) is 13.6 Å². The van der Waals surface area contributed by atoms with Crippen LogP contribution >= 0.6 is 0 Å². The predicted octanol–water partition coefficient (Wildman–Crippen LogP) is 1.43. The van der Waals surface area contributed by atoms with Crippen LogP contribution in [0.2, 0.25) is 0 Å². The van der Waals surface area contributed by atoms with E-state index < -0.39 is 6.10 Å². The van der Waals surface area contributed by atoms with E-state index in [0.717, 1.165) is 11.1 Å². The topological polar surface area (TPSA) is 37.2 Å². The van der Waals surface area contributed by atoms with Crippen LogP contribution in [0.25, 0.3) is 10.9 Å². The summed E-state index contributed by atoms with van der Waals surface area (Å²) in [5.41, 5.74) is 2.11. The Morgan fingerprint density at radius 3 is 2.93 bits per heavy atom. The Labute approximate surface area is 89.3 Å². The third-order valence-corrected chi connectivity index (χ3v) is 2.69. The molecule has 0 spiro atoms. The summed E-state index contributed by atoms with van der Waals surface area (Å²) in [5, 5.41) is 14.0. The van der Waals surface area contributed by atoms with E-state index in [2.05, 4.69) is 16.0 Å². The smallest absolute Gasteiger partial charge is 0.0915 e. The first-order valence-corrected chi connectivity index (χ1v) is 5.10. The zero-order valence-corrected chi connectivity index (χ0v) is 9.07. The molecule has 2 aromatic rings. The Balaban J connectivity index is 2.41. The minimum Gasteiger partial charge on any atom is -0.387 e. The van der Waals surface area contributed by atoms with Crippen LogP contribution in [-0.4, -0.2) is 23.3 Å². The second kappa shape index (κ2) is 4.04. The standard InChI is InChI=1S/C12H16N2O/c1-13-8-12(15)10-4-3-9-5-6-14(2)11(9)7-10/h3-7,12-13,15H,8H2,1-2H3. The van der Waals surface area contributed by atoms with Crippen LogP contribution in [0.4, 0.5) is 0 Å². The van der Waals surface area contributed by atoms with E-state index in [1.54, 1.807) is 0 Å². The Hall–Kier alpha value is -1.32. The van der Waals surface area contributed by atoms with Crippen LogP contribution in [0, 0.1) is 0 Å². The van der Waals surface area contributed by atoms with Crippen LogP contribution < -0.4 is 5.32 Å². The number of aliphatic hydroxyl groups is 1. The highest BCUT2D eigenvalue weighted by Gasteiger charge is 2.07. The molecule has 0 saturated heterocycles. The van der Waals surface area contributed by atoms with Crippen molar-refractivity contribution < 1.29 is 5.11 Å². The maximum Gasteiger partial charge on any atom is 0.0915 e. The van der Waals surface area contributed by atoms with Crippen molar-refractivity contribution in [2.24, 2.45) is 7.05 Å². The van der Waals surface area contributed by atoms with Crippen molar-refractivity contribution in [1.29, 1.82) is 0 Å². The molecule has 0 amide bonds. The van der Waals surface area contributed by atoms with Gasteiger partial charge in [0.1, 0.15) is 0 Å². The van der Waals surface area contributed by atoms with Gasteiger partial charge in [-0.2, -0.15) is 0 Å². The highest BCUT2D eigenvalue weighted by atomic mass is 16.3. The van der Waals surface area contributed by atoms with E-state index in [1.807, 2.05) is 38.5 Å². The molecule has 0 fully saturated rings. The number of likely N-dealkylation sites (N-methyl/N-ethyl adjacent to an activating group) is 1. The van der Waals surface area contributed by atoms with Crippen LogP contribution in [-0.2, 0) is 7.05 Å². The fourth-order valence-corrected chi connectivity index (χ4v) is 1.80. The van der Waals surface area contributed by atoms with E-state index >= 15 is 0 Å². The van der Waals surface area contributed by atoms with E-state index in [1.165, 1.54) is 5.39 Å². The summed E-state index contributed by atoms with van der Waals surface area (Å²) >= 11 is 0. The molecule has 1 heterocycles. The highest BCUT2D eigenvalue weighted by Crippen LogP contribution is 2.20. The fraction of sp³-hybridized carbons (Fsp3) is 0.333. The van der Waals surface area contributed by atoms with Crippen molar-refractivity contribution in [3.63, 3.8) is 0 Å². The Kier molecular flexibility index (Phi) is 2.75. The lowest BCUT2D eigenvalue weighted by Crippen LogP contribution is -2.16. The molecule has 0 radical (unpaired) electrons. The van der Waals surface area contributed by atoms with Gasteiger partial charge in [-0.1, -0.05) is 12.1 Å². The molecule has 0 aliphatic heterocycles. The van der Waals surface area contributed by atoms with Gasteiger partial charge >= 0.3 is 0 Å². The van der Waals surface area contributed by atoms with E-state index in [-0.39, 0.29) is 0 Å². The average Bonchev–Trinajstić information content (AvgIpc) is 2.60. The highest BCUT2D eigenvalue weighted by molar-refractivity contribution is 5.80. The first-order chi connectivity index (χ1) is 7.22. The molecule has 1 unspecified atom stereocenters. The van der Waals surface area contributed by atoms with Gasteiger partial charge in [-0.3, -0.25) is 0 Å². The number of hydrogen-bond acceptors (Lipinski definition) is 2. The van der Waals surface area contributed by atoms with Gasteiger partial charge in [-0.15, -0.1) is 0 Å². The van der Waals surface area contributed by atoms with Gasteiger partial charge in [-0.25, -0.2) is 0 Å². The first-order valence-electron chi connectivity index (χ1n) is 5.10. The summed E-state index contributed by atoms with van der Waals surface area (Å²) in [6, 6.07) is 8.13. The van der Waals surface area contributed by atoms with Gasteiger partial charge in [0.2, 0.25) is 0 Å². The van der Waals surface area contributed by atoms with Gasteiger partial charge in [0.05, 0.1) is 6.10 Å². The summed E-state index contributed by atoms with van der Waals surface area (Å²) in [5.74, 6) is 0. The Morgan fingerprint density at radius 1 is 1.40 bits per heavy atom. The Morgan fingerprint density at radius 2 is 2.20 bits per heavy atom. The molecule has 0 aliphatic rings. The summed E-state index contributed by atoms with van der Waals surface area (Å²) in [4.78, 5) is 0. The van der Waals surface area contributed by atoms with Gasteiger partial charge in [0, 0.05) is 25.3 Å². The molecule has 0 saturated carbocycles. The number of fused-ring (bicyclic) bond motifs is 1. The van der Waals surface area contributed by atoms with Crippen molar-refractivity contribution >= 4 is 10.9 Å². The normalized spacial score (nSPS) is 13.3. The molecular weight excluding hydrogens is 188 g/mol. The number of benzene rings is 1. The number of nitrogens with one attached hydrogen (secondary N) is 1. The van der Waals surface area contributed by atoms with E-state index in [0.29, 0.717) is 6.54 Å². The van der Waals surface area contributed by atoms with Crippen LogP contribution in [0.5, 0.6) is 0 Å². The number of aromatic nitrogens is 1. The minimum atomic E-state index is -0.436. The zero-order chi connectivity index (χ0) is 10.8.